The van der Waals surface area contributed by atoms with Crippen LogP contribution >= 0.6 is 11.3 Å². The van der Waals surface area contributed by atoms with E-state index in [1.54, 1.807) is 11.3 Å². The number of piperidine rings is 1. The summed E-state index contributed by atoms with van der Waals surface area (Å²) >= 11 is 1.69. The van der Waals surface area contributed by atoms with Gasteiger partial charge in [-0.05, 0) is 37.8 Å². The minimum absolute atomic E-state index is 0.401. The molecule has 0 saturated carbocycles. The average molecular weight is 300 g/mol. The highest BCUT2D eigenvalue weighted by molar-refractivity contribution is 7.13. The molecule has 2 fully saturated rings. The number of hydrogen-bond donors (Lipinski definition) is 1. The van der Waals surface area contributed by atoms with Crippen LogP contribution in [0.2, 0.25) is 0 Å². The van der Waals surface area contributed by atoms with Crippen LogP contribution in [0, 0.1) is 0 Å². The van der Waals surface area contributed by atoms with Crippen molar-refractivity contribution in [2.24, 2.45) is 5.73 Å². The van der Waals surface area contributed by atoms with Crippen molar-refractivity contribution in [1.29, 1.82) is 0 Å². The van der Waals surface area contributed by atoms with Gasteiger partial charge < -0.3 is 5.73 Å². The van der Waals surface area contributed by atoms with Crippen molar-refractivity contribution in [1.82, 2.24) is 14.9 Å². The van der Waals surface area contributed by atoms with Gasteiger partial charge in [0.2, 0.25) is 0 Å². The monoisotopic (exact) mass is 300 g/mol. The summed E-state index contributed by atoms with van der Waals surface area (Å²) in [5.74, 6) is 0. The molecule has 2 unspecified atom stereocenters. The molecule has 0 radical (unpaired) electrons. The maximum absolute atomic E-state index is 6.14. The number of aromatic nitrogens is 2. The van der Waals surface area contributed by atoms with E-state index in [-0.39, 0.29) is 0 Å². The van der Waals surface area contributed by atoms with Crippen LogP contribution < -0.4 is 5.73 Å². The van der Waals surface area contributed by atoms with Crippen LogP contribution in [0.5, 0.6) is 0 Å². The molecule has 0 aliphatic carbocycles. The van der Waals surface area contributed by atoms with Crippen LogP contribution in [-0.2, 0) is 6.54 Å². The van der Waals surface area contributed by atoms with E-state index in [0.717, 1.165) is 30.1 Å². The molecule has 2 saturated heterocycles. The standard InChI is InChI=1S/C16H20N4S/c17-11-7-13-4-5-14(8-11)20(13)9-12-10-21-16(19-12)15-3-1-2-6-18-15/h1-3,6,10-11,13-14H,4-5,7-9,17H2. The molecule has 2 aromatic heterocycles. The number of hydrogen-bond acceptors (Lipinski definition) is 5. The number of pyridine rings is 1. The largest absolute Gasteiger partial charge is 0.328 e. The van der Waals surface area contributed by atoms with Crippen molar-refractivity contribution in [3.05, 3.63) is 35.5 Å². The van der Waals surface area contributed by atoms with Crippen LogP contribution in [-0.4, -0.2) is 33.0 Å². The molecule has 2 aliphatic rings. The summed E-state index contributed by atoms with van der Waals surface area (Å²) in [6, 6.07) is 7.70. The number of nitrogens with zero attached hydrogens (tertiary/aromatic N) is 3. The van der Waals surface area contributed by atoms with E-state index in [1.165, 1.54) is 18.5 Å². The lowest BCUT2D eigenvalue weighted by Gasteiger charge is -2.37. The van der Waals surface area contributed by atoms with Gasteiger partial charge in [-0.25, -0.2) is 4.98 Å². The summed E-state index contributed by atoms with van der Waals surface area (Å²) in [6.07, 6.45) is 6.72. The molecule has 2 N–H and O–H groups in total. The minimum atomic E-state index is 0.401. The fraction of sp³-hybridized carbons (Fsp3) is 0.500. The van der Waals surface area contributed by atoms with Crippen LogP contribution in [0.3, 0.4) is 0 Å². The normalized spacial score (nSPS) is 28.9. The van der Waals surface area contributed by atoms with Gasteiger partial charge >= 0.3 is 0 Å². The maximum atomic E-state index is 6.14. The number of thiazole rings is 1. The zero-order valence-electron chi connectivity index (χ0n) is 12.0. The molecule has 0 amide bonds. The van der Waals surface area contributed by atoms with Gasteiger partial charge in [-0.15, -0.1) is 11.3 Å². The van der Waals surface area contributed by atoms with E-state index in [0.29, 0.717) is 18.1 Å². The van der Waals surface area contributed by atoms with Crippen LogP contribution in [0.25, 0.3) is 10.7 Å². The molecule has 4 rings (SSSR count). The van der Waals surface area contributed by atoms with Gasteiger partial charge in [0.05, 0.1) is 11.4 Å². The lowest BCUT2D eigenvalue weighted by molar-refractivity contribution is 0.118. The Bertz CT molecular complexity index is 598. The molecular weight excluding hydrogens is 280 g/mol. The third-order valence-corrected chi connectivity index (χ3v) is 5.61. The Hall–Kier alpha value is -1.30. The first-order valence-electron chi connectivity index (χ1n) is 7.67. The lowest BCUT2D eigenvalue weighted by atomic mass is 9.98. The highest BCUT2D eigenvalue weighted by Gasteiger charge is 2.39. The smallest absolute Gasteiger partial charge is 0.142 e. The Balaban J connectivity index is 1.50. The second-order valence-corrected chi connectivity index (χ2v) is 7.01. The van der Waals surface area contributed by atoms with Crippen LogP contribution in [0.1, 0.15) is 31.4 Å². The molecule has 21 heavy (non-hydrogen) atoms. The summed E-state index contributed by atoms with van der Waals surface area (Å²) in [4.78, 5) is 11.8. The lowest BCUT2D eigenvalue weighted by Crippen LogP contribution is -2.46. The molecule has 2 aromatic rings. The van der Waals surface area contributed by atoms with E-state index < -0.39 is 0 Å². The van der Waals surface area contributed by atoms with Gasteiger partial charge in [0.1, 0.15) is 5.01 Å². The van der Waals surface area contributed by atoms with Crippen LogP contribution in [0.4, 0.5) is 0 Å². The molecule has 110 valence electrons. The van der Waals surface area contributed by atoms with E-state index >= 15 is 0 Å². The molecule has 2 atom stereocenters. The Kier molecular flexibility index (Phi) is 3.49. The fourth-order valence-electron chi connectivity index (χ4n) is 3.75. The summed E-state index contributed by atoms with van der Waals surface area (Å²) in [5, 5.41) is 3.20. The van der Waals surface area contributed by atoms with Gasteiger partial charge in [-0.3, -0.25) is 9.88 Å². The van der Waals surface area contributed by atoms with Crippen molar-refractivity contribution in [3.8, 4) is 10.7 Å². The van der Waals surface area contributed by atoms with Crippen molar-refractivity contribution in [2.45, 2.75) is 50.4 Å². The Morgan fingerprint density at radius 1 is 1.24 bits per heavy atom. The molecule has 0 aromatic carbocycles. The number of nitrogens with two attached hydrogens (primary N) is 1. The first-order valence-corrected chi connectivity index (χ1v) is 8.54. The Labute approximate surface area is 129 Å². The summed E-state index contributed by atoms with van der Waals surface area (Å²) in [7, 11) is 0. The molecule has 4 nitrogen and oxygen atoms in total. The van der Waals surface area contributed by atoms with E-state index in [1.807, 2.05) is 24.4 Å². The average Bonchev–Trinajstić information content (AvgIpc) is 3.05. The van der Waals surface area contributed by atoms with Crippen LogP contribution in [0.15, 0.2) is 29.8 Å². The fourth-order valence-corrected chi connectivity index (χ4v) is 4.53. The zero-order valence-corrected chi connectivity index (χ0v) is 12.8. The summed E-state index contributed by atoms with van der Waals surface area (Å²) < 4.78 is 0. The Morgan fingerprint density at radius 3 is 2.76 bits per heavy atom. The van der Waals surface area contributed by atoms with Gasteiger partial charge in [0, 0.05) is 36.2 Å². The zero-order chi connectivity index (χ0) is 14.2. The molecule has 2 aliphatic heterocycles. The topological polar surface area (TPSA) is 55.0 Å². The highest BCUT2D eigenvalue weighted by Crippen LogP contribution is 2.36. The first kappa shape index (κ1) is 13.4. The van der Waals surface area contributed by atoms with Gasteiger partial charge in [-0.2, -0.15) is 0 Å². The number of fused-ring (bicyclic) bond motifs is 2. The van der Waals surface area contributed by atoms with Gasteiger partial charge in [0.25, 0.3) is 0 Å². The highest BCUT2D eigenvalue weighted by atomic mass is 32.1. The van der Waals surface area contributed by atoms with Crippen molar-refractivity contribution in [2.75, 3.05) is 0 Å². The van der Waals surface area contributed by atoms with E-state index in [2.05, 4.69) is 15.3 Å². The first-order chi connectivity index (χ1) is 10.3. The van der Waals surface area contributed by atoms with Crippen molar-refractivity contribution >= 4 is 11.3 Å². The minimum Gasteiger partial charge on any atom is -0.328 e. The second-order valence-electron chi connectivity index (χ2n) is 6.15. The summed E-state index contributed by atoms with van der Waals surface area (Å²) in [5.41, 5.74) is 8.29. The number of rotatable bonds is 3. The van der Waals surface area contributed by atoms with E-state index in [9.17, 15) is 0 Å². The third kappa shape index (κ3) is 2.61. The van der Waals surface area contributed by atoms with E-state index in [4.69, 9.17) is 10.7 Å². The SMILES string of the molecule is NC1CC2CCC(C1)N2Cc1csc(-c2ccccn2)n1. The molecule has 4 heterocycles. The summed E-state index contributed by atoms with van der Waals surface area (Å²) in [6.45, 7) is 0.964. The van der Waals surface area contributed by atoms with Crippen molar-refractivity contribution < 1.29 is 0 Å². The predicted molar refractivity (Wildman–Crippen MR) is 84.9 cm³/mol. The van der Waals surface area contributed by atoms with Crippen molar-refractivity contribution in [3.63, 3.8) is 0 Å². The third-order valence-electron chi connectivity index (χ3n) is 4.70. The van der Waals surface area contributed by atoms with Gasteiger partial charge in [-0.1, -0.05) is 6.07 Å². The molecule has 0 spiro atoms. The maximum Gasteiger partial charge on any atom is 0.142 e. The molecular formula is C16H20N4S. The molecule has 2 bridgehead atoms. The molecule has 5 heteroatoms. The quantitative estimate of drug-likeness (QED) is 0.947. The predicted octanol–water partition coefficient (Wildman–Crippen LogP) is 2.66. The second kappa shape index (κ2) is 5.48. The Morgan fingerprint density at radius 2 is 2.05 bits per heavy atom. The van der Waals surface area contributed by atoms with Gasteiger partial charge in [0.15, 0.2) is 0 Å².